The van der Waals surface area contributed by atoms with E-state index in [9.17, 15) is 14.7 Å². The molecule has 4 aromatic rings. The van der Waals surface area contributed by atoms with Crippen LogP contribution in [0.15, 0.2) is 79.3 Å². The molecule has 1 aliphatic rings. The van der Waals surface area contributed by atoms with Crippen molar-refractivity contribution < 1.29 is 14.7 Å². The van der Waals surface area contributed by atoms with Crippen molar-refractivity contribution in [3.05, 3.63) is 84.8 Å². The van der Waals surface area contributed by atoms with Crippen LogP contribution in [0.4, 0.5) is 11.4 Å². The molecule has 0 aliphatic carbocycles. The molecule has 2 aromatic carbocycles. The molecule has 5 rings (SSSR count). The number of aromatic hydroxyl groups is 1. The number of fused-ring (bicyclic) bond motifs is 1. The minimum Gasteiger partial charge on any atom is -0.494 e. The molecule has 3 heterocycles. The average molecular weight is 456 g/mol. The van der Waals surface area contributed by atoms with Gasteiger partial charge in [-0.05, 0) is 30.3 Å². The summed E-state index contributed by atoms with van der Waals surface area (Å²) in [5.41, 5.74) is 2.12. The van der Waals surface area contributed by atoms with E-state index in [-0.39, 0.29) is 24.2 Å². The van der Waals surface area contributed by atoms with Crippen LogP contribution in [0.25, 0.3) is 10.8 Å². The zero-order valence-electron chi connectivity index (χ0n) is 18.6. The number of para-hydroxylation sites is 1. The molecule has 34 heavy (non-hydrogen) atoms. The van der Waals surface area contributed by atoms with E-state index in [1.54, 1.807) is 40.2 Å². The number of aromatic nitrogens is 2. The average Bonchev–Trinajstić information content (AvgIpc) is 3.20. The van der Waals surface area contributed by atoms with Crippen LogP contribution in [0.3, 0.4) is 0 Å². The van der Waals surface area contributed by atoms with Gasteiger partial charge in [-0.15, -0.1) is 0 Å². The highest BCUT2D eigenvalue weighted by Gasteiger charge is 2.25. The maximum atomic E-state index is 12.9. The van der Waals surface area contributed by atoms with Gasteiger partial charge < -0.3 is 24.8 Å². The number of nitrogens with one attached hydrogen (secondary N) is 1. The third-order valence-corrected chi connectivity index (χ3v) is 6.13. The number of carbonyl (C=O) groups is 2. The minimum atomic E-state index is -0.185. The summed E-state index contributed by atoms with van der Waals surface area (Å²) in [6, 6.07) is 18.5. The van der Waals surface area contributed by atoms with Crippen molar-refractivity contribution in [2.24, 2.45) is 0 Å². The van der Waals surface area contributed by atoms with E-state index < -0.39 is 0 Å². The SMILES string of the molecule is O=C(Nc1ccncc1)c1ccccc1N1CCN(C(=O)Cn2cc3ccccc3c2O)CC1. The molecule has 2 amide bonds. The van der Waals surface area contributed by atoms with Crippen LogP contribution < -0.4 is 10.2 Å². The monoisotopic (exact) mass is 455 g/mol. The second kappa shape index (κ2) is 9.27. The maximum Gasteiger partial charge on any atom is 0.257 e. The summed E-state index contributed by atoms with van der Waals surface area (Å²) < 4.78 is 1.60. The number of rotatable bonds is 5. The standard InChI is InChI=1S/C26H25N5O3/c32-24(18-31-17-19-5-1-2-6-21(19)26(31)34)30-15-13-29(14-16-30)23-8-4-3-7-22(23)25(33)28-20-9-11-27-12-10-20/h1-12,17,34H,13-16,18H2,(H,27,28,33). The fourth-order valence-electron chi connectivity index (χ4n) is 4.34. The Bertz CT molecular complexity index is 1330. The molecule has 0 unspecified atom stereocenters. The summed E-state index contributed by atoms with van der Waals surface area (Å²) in [4.78, 5) is 33.7. The summed E-state index contributed by atoms with van der Waals surface area (Å²) >= 11 is 0. The van der Waals surface area contributed by atoms with Crippen LogP contribution in [0, 0.1) is 0 Å². The van der Waals surface area contributed by atoms with Crippen molar-refractivity contribution in [2.45, 2.75) is 6.54 Å². The van der Waals surface area contributed by atoms with Crippen LogP contribution in [-0.4, -0.2) is 57.6 Å². The van der Waals surface area contributed by atoms with Crippen LogP contribution in [0.2, 0.25) is 0 Å². The molecule has 8 nitrogen and oxygen atoms in total. The number of carbonyl (C=O) groups excluding carboxylic acids is 2. The Balaban J connectivity index is 1.24. The Labute approximate surface area is 197 Å². The normalized spacial score (nSPS) is 13.8. The molecule has 1 saturated heterocycles. The van der Waals surface area contributed by atoms with Gasteiger partial charge in [0.1, 0.15) is 6.54 Å². The van der Waals surface area contributed by atoms with Crippen molar-refractivity contribution in [1.29, 1.82) is 0 Å². The van der Waals surface area contributed by atoms with Gasteiger partial charge in [-0.3, -0.25) is 14.6 Å². The molecule has 0 radical (unpaired) electrons. The number of hydrogen-bond acceptors (Lipinski definition) is 5. The first-order valence-corrected chi connectivity index (χ1v) is 11.2. The molecule has 0 bridgehead atoms. The largest absolute Gasteiger partial charge is 0.494 e. The van der Waals surface area contributed by atoms with Gasteiger partial charge in [-0.1, -0.05) is 30.3 Å². The predicted molar refractivity (Wildman–Crippen MR) is 131 cm³/mol. The van der Waals surface area contributed by atoms with E-state index in [2.05, 4.69) is 15.2 Å². The first-order valence-electron chi connectivity index (χ1n) is 11.2. The van der Waals surface area contributed by atoms with Crippen molar-refractivity contribution in [2.75, 3.05) is 36.4 Å². The molecule has 1 aliphatic heterocycles. The van der Waals surface area contributed by atoms with Crippen LogP contribution in [0.1, 0.15) is 10.4 Å². The highest BCUT2D eigenvalue weighted by molar-refractivity contribution is 6.08. The van der Waals surface area contributed by atoms with E-state index >= 15 is 0 Å². The maximum absolute atomic E-state index is 12.9. The van der Waals surface area contributed by atoms with Crippen LogP contribution >= 0.6 is 0 Å². The number of anilines is 2. The number of nitrogens with zero attached hydrogens (tertiary/aromatic N) is 4. The molecule has 0 atom stereocenters. The van der Waals surface area contributed by atoms with Crippen molar-refractivity contribution in [3.63, 3.8) is 0 Å². The Hall–Kier alpha value is -4.33. The van der Waals surface area contributed by atoms with Gasteiger partial charge in [0.25, 0.3) is 5.91 Å². The van der Waals surface area contributed by atoms with E-state index in [0.29, 0.717) is 37.4 Å². The Morgan fingerprint density at radius 2 is 1.62 bits per heavy atom. The van der Waals surface area contributed by atoms with E-state index in [0.717, 1.165) is 16.5 Å². The quantitative estimate of drug-likeness (QED) is 0.482. The zero-order chi connectivity index (χ0) is 23.5. The van der Waals surface area contributed by atoms with Gasteiger partial charge in [0.2, 0.25) is 5.91 Å². The third kappa shape index (κ3) is 4.30. The Morgan fingerprint density at radius 1 is 0.912 bits per heavy atom. The lowest BCUT2D eigenvalue weighted by atomic mass is 10.1. The fourth-order valence-corrected chi connectivity index (χ4v) is 4.34. The van der Waals surface area contributed by atoms with Crippen LogP contribution in [-0.2, 0) is 11.3 Å². The molecule has 2 N–H and O–H groups in total. The second-order valence-corrected chi connectivity index (χ2v) is 8.24. The number of amides is 2. The first-order chi connectivity index (χ1) is 16.6. The first kappa shape index (κ1) is 21.5. The molecular weight excluding hydrogens is 430 g/mol. The van der Waals surface area contributed by atoms with E-state index in [4.69, 9.17) is 0 Å². The lowest BCUT2D eigenvalue weighted by molar-refractivity contribution is -0.132. The third-order valence-electron chi connectivity index (χ3n) is 6.13. The Morgan fingerprint density at radius 3 is 2.38 bits per heavy atom. The van der Waals surface area contributed by atoms with Gasteiger partial charge in [0.15, 0.2) is 5.88 Å². The number of piperazine rings is 1. The fraction of sp³-hybridized carbons (Fsp3) is 0.192. The number of hydrogen-bond donors (Lipinski definition) is 2. The lowest BCUT2D eigenvalue weighted by Crippen LogP contribution is -2.50. The predicted octanol–water partition coefficient (Wildman–Crippen LogP) is 3.34. The van der Waals surface area contributed by atoms with Gasteiger partial charge in [0.05, 0.1) is 5.56 Å². The van der Waals surface area contributed by atoms with E-state index in [1.807, 2.05) is 48.5 Å². The highest BCUT2D eigenvalue weighted by Crippen LogP contribution is 2.27. The number of pyridine rings is 1. The van der Waals surface area contributed by atoms with Crippen molar-refractivity contribution in [3.8, 4) is 5.88 Å². The molecule has 8 heteroatoms. The zero-order valence-corrected chi connectivity index (χ0v) is 18.6. The summed E-state index contributed by atoms with van der Waals surface area (Å²) in [6.07, 6.45) is 5.07. The van der Waals surface area contributed by atoms with E-state index in [1.165, 1.54) is 0 Å². The summed E-state index contributed by atoms with van der Waals surface area (Å²) in [5.74, 6) is -0.119. The van der Waals surface area contributed by atoms with Crippen LogP contribution in [0.5, 0.6) is 5.88 Å². The van der Waals surface area contributed by atoms with Crippen molar-refractivity contribution in [1.82, 2.24) is 14.5 Å². The van der Waals surface area contributed by atoms with Gasteiger partial charge in [0, 0.05) is 66.9 Å². The summed E-state index contributed by atoms with van der Waals surface area (Å²) in [5, 5.41) is 15.0. The Kier molecular flexibility index (Phi) is 5.86. The molecule has 2 aromatic heterocycles. The number of benzene rings is 2. The van der Waals surface area contributed by atoms with Gasteiger partial charge in [-0.25, -0.2) is 0 Å². The summed E-state index contributed by atoms with van der Waals surface area (Å²) in [7, 11) is 0. The molecule has 0 spiro atoms. The topological polar surface area (TPSA) is 90.7 Å². The molecule has 1 fully saturated rings. The molecule has 0 saturated carbocycles. The van der Waals surface area contributed by atoms with Gasteiger partial charge in [-0.2, -0.15) is 0 Å². The smallest absolute Gasteiger partial charge is 0.257 e. The molecule has 172 valence electrons. The lowest BCUT2D eigenvalue weighted by Gasteiger charge is -2.37. The molecular formula is C26H25N5O3. The minimum absolute atomic E-state index is 0.0426. The second-order valence-electron chi connectivity index (χ2n) is 8.24. The van der Waals surface area contributed by atoms with Gasteiger partial charge >= 0.3 is 0 Å². The van der Waals surface area contributed by atoms with Crippen molar-refractivity contribution >= 4 is 34.0 Å². The summed E-state index contributed by atoms with van der Waals surface area (Å²) in [6.45, 7) is 2.41. The highest BCUT2D eigenvalue weighted by atomic mass is 16.3.